The van der Waals surface area contributed by atoms with Crippen molar-refractivity contribution in [1.29, 1.82) is 0 Å². The topological polar surface area (TPSA) is 77.6 Å². The fourth-order valence-corrected chi connectivity index (χ4v) is 4.33. The molecule has 1 aromatic carbocycles. The Kier molecular flexibility index (Phi) is 5.54. The zero-order valence-corrected chi connectivity index (χ0v) is 18.2. The van der Waals surface area contributed by atoms with Gasteiger partial charge in [-0.2, -0.15) is 5.10 Å². The highest BCUT2D eigenvalue weighted by atomic mass is 16.1. The third-order valence-corrected chi connectivity index (χ3v) is 5.98. The van der Waals surface area contributed by atoms with Gasteiger partial charge < -0.3 is 5.32 Å². The second-order valence-electron chi connectivity index (χ2n) is 8.13. The van der Waals surface area contributed by atoms with Crippen molar-refractivity contribution in [1.82, 2.24) is 29.6 Å². The maximum atomic E-state index is 13.2. The number of hydrogen-bond acceptors (Lipinski definition) is 4. The lowest BCUT2D eigenvalue weighted by Gasteiger charge is -2.08. The first-order valence-corrected chi connectivity index (χ1v) is 11.1. The van der Waals surface area contributed by atoms with Crippen molar-refractivity contribution in [2.45, 2.75) is 45.6 Å². The minimum atomic E-state index is -0.130. The van der Waals surface area contributed by atoms with Crippen LogP contribution in [0.4, 0.5) is 0 Å². The van der Waals surface area contributed by atoms with Crippen LogP contribution in [0.2, 0.25) is 0 Å². The largest absolute Gasteiger partial charge is 0.347 e. The fraction of sp³-hybridized carbons (Fsp3) is 0.280. The number of aromatic nitrogens is 5. The molecule has 0 saturated carbocycles. The molecule has 1 aliphatic rings. The lowest BCUT2D eigenvalue weighted by molar-refractivity contribution is 0.0944. The van der Waals surface area contributed by atoms with Crippen LogP contribution in [0.25, 0.3) is 11.5 Å². The number of nitrogens with zero attached hydrogens (tertiary/aromatic N) is 5. The van der Waals surface area contributed by atoms with Gasteiger partial charge in [0.15, 0.2) is 5.69 Å². The monoisotopic (exact) mass is 426 g/mol. The average molecular weight is 427 g/mol. The lowest BCUT2D eigenvalue weighted by Crippen LogP contribution is -2.24. The molecule has 1 amide bonds. The molecule has 3 aromatic heterocycles. The highest BCUT2D eigenvalue weighted by Crippen LogP contribution is 2.26. The van der Waals surface area contributed by atoms with Gasteiger partial charge in [0.2, 0.25) is 0 Å². The summed E-state index contributed by atoms with van der Waals surface area (Å²) in [7, 11) is 0. The number of hydrogen-bond donors (Lipinski definition) is 1. The molecule has 162 valence electrons. The minimum Gasteiger partial charge on any atom is -0.347 e. The van der Waals surface area contributed by atoms with Gasteiger partial charge in [-0.3, -0.25) is 9.36 Å². The number of pyridine rings is 1. The molecule has 7 nitrogen and oxygen atoms in total. The first-order valence-electron chi connectivity index (χ1n) is 11.1. The summed E-state index contributed by atoms with van der Waals surface area (Å²) in [5, 5.41) is 7.84. The summed E-state index contributed by atoms with van der Waals surface area (Å²) >= 11 is 0. The third kappa shape index (κ3) is 3.93. The Morgan fingerprint density at radius 2 is 1.88 bits per heavy atom. The van der Waals surface area contributed by atoms with Gasteiger partial charge in [-0.05, 0) is 62.4 Å². The van der Waals surface area contributed by atoms with E-state index in [9.17, 15) is 4.79 Å². The van der Waals surface area contributed by atoms with Crippen molar-refractivity contribution in [2.75, 3.05) is 0 Å². The predicted molar refractivity (Wildman–Crippen MR) is 122 cm³/mol. The number of benzene rings is 1. The van der Waals surface area contributed by atoms with E-state index < -0.39 is 0 Å². The predicted octanol–water partition coefficient (Wildman–Crippen LogP) is 3.96. The molecule has 1 N–H and O–H groups in total. The van der Waals surface area contributed by atoms with Crippen molar-refractivity contribution in [3.05, 3.63) is 89.4 Å². The Morgan fingerprint density at radius 3 is 2.69 bits per heavy atom. The van der Waals surface area contributed by atoms with Crippen LogP contribution in [0.15, 0.2) is 61.1 Å². The van der Waals surface area contributed by atoms with Crippen LogP contribution in [-0.4, -0.2) is 30.2 Å². The lowest BCUT2D eigenvalue weighted by atomic mass is 10.1. The van der Waals surface area contributed by atoms with E-state index in [4.69, 9.17) is 5.10 Å². The molecular formula is C25H26N6O. The molecule has 5 rings (SSSR count). The normalized spacial score (nSPS) is 13.4. The molecule has 0 unspecified atom stereocenters. The van der Waals surface area contributed by atoms with Gasteiger partial charge in [-0.15, -0.1) is 0 Å². The summed E-state index contributed by atoms with van der Waals surface area (Å²) in [6.07, 6.45) is 10.6. The molecule has 4 aromatic rings. The molecule has 0 spiro atoms. The molecular weight excluding hydrogens is 400 g/mol. The summed E-state index contributed by atoms with van der Waals surface area (Å²) in [6, 6.07) is 14.0. The summed E-state index contributed by atoms with van der Waals surface area (Å²) in [6.45, 7) is 2.35. The number of amides is 1. The molecule has 0 fully saturated rings. The molecule has 1 aliphatic carbocycles. The molecule has 3 heterocycles. The number of aryl methyl sites for hydroxylation is 1. The van der Waals surface area contributed by atoms with Crippen molar-refractivity contribution in [3.63, 3.8) is 0 Å². The Hall–Kier alpha value is -3.74. The van der Waals surface area contributed by atoms with E-state index in [1.807, 2.05) is 64.8 Å². The van der Waals surface area contributed by atoms with Gasteiger partial charge in [0.1, 0.15) is 11.6 Å². The van der Waals surface area contributed by atoms with Gasteiger partial charge in [-0.25, -0.2) is 14.6 Å². The summed E-state index contributed by atoms with van der Waals surface area (Å²) in [4.78, 5) is 21.9. The first-order chi connectivity index (χ1) is 15.7. The van der Waals surface area contributed by atoms with E-state index in [1.165, 1.54) is 12.1 Å². The standard InChI is InChI=1S/C25H26N6O/c1-18-26-14-15-30(18)23-16-19(12-13-27-23)17-28-25(32)24-21-10-6-3-7-11-22(21)31(29-24)20-8-4-2-5-9-20/h2,4-5,8-9,12-16H,3,6-7,10-11,17H2,1H3,(H,28,32). The SMILES string of the molecule is Cc1nccn1-c1cc(CNC(=O)c2nn(-c3ccccc3)c3c2CCCCC3)ccn1. The Balaban J connectivity index is 1.39. The summed E-state index contributed by atoms with van der Waals surface area (Å²) in [5.41, 5.74) is 4.78. The number of para-hydroxylation sites is 1. The molecule has 0 radical (unpaired) electrons. The zero-order chi connectivity index (χ0) is 21.9. The van der Waals surface area contributed by atoms with Crippen LogP contribution in [-0.2, 0) is 19.4 Å². The van der Waals surface area contributed by atoms with E-state index in [2.05, 4.69) is 15.3 Å². The fourth-order valence-electron chi connectivity index (χ4n) is 4.33. The van der Waals surface area contributed by atoms with Gasteiger partial charge in [0.25, 0.3) is 5.91 Å². The number of rotatable bonds is 5. The summed E-state index contributed by atoms with van der Waals surface area (Å²) < 4.78 is 3.88. The van der Waals surface area contributed by atoms with Crippen LogP contribution < -0.4 is 5.32 Å². The average Bonchev–Trinajstić information content (AvgIpc) is 3.33. The van der Waals surface area contributed by atoms with Crippen molar-refractivity contribution >= 4 is 5.91 Å². The second-order valence-corrected chi connectivity index (χ2v) is 8.13. The highest BCUT2D eigenvalue weighted by Gasteiger charge is 2.24. The van der Waals surface area contributed by atoms with E-state index in [-0.39, 0.29) is 5.91 Å². The van der Waals surface area contributed by atoms with E-state index in [0.29, 0.717) is 12.2 Å². The zero-order valence-electron chi connectivity index (χ0n) is 18.2. The first kappa shape index (κ1) is 20.2. The Bertz CT molecular complexity index is 1240. The van der Waals surface area contributed by atoms with Crippen LogP contribution in [0.3, 0.4) is 0 Å². The molecule has 32 heavy (non-hydrogen) atoms. The Morgan fingerprint density at radius 1 is 1.03 bits per heavy atom. The number of carbonyl (C=O) groups excluding carboxylic acids is 1. The minimum absolute atomic E-state index is 0.130. The van der Waals surface area contributed by atoms with E-state index in [1.54, 1.807) is 12.4 Å². The molecule has 0 bridgehead atoms. The smallest absolute Gasteiger partial charge is 0.272 e. The number of imidazole rings is 1. The molecule has 0 atom stereocenters. The van der Waals surface area contributed by atoms with Crippen LogP contribution in [0.5, 0.6) is 0 Å². The van der Waals surface area contributed by atoms with Gasteiger partial charge in [0.05, 0.1) is 5.69 Å². The van der Waals surface area contributed by atoms with Crippen LogP contribution in [0.1, 0.15) is 52.4 Å². The van der Waals surface area contributed by atoms with Crippen molar-refractivity contribution < 1.29 is 4.79 Å². The van der Waals surface area contributed by atoms with Crippen LogP contribution >= 0.6 is 0 Å². The quantitative estimate of drug-likeness (QED) is 0.490. The number of fused-ring (bicyclic) bond motifs is 1. The van der Waals surface area contributed by atoms with Crippen molar-refractivity contribution in [2.24, 2.45) is 0 Å². The molecule has 0 saturated heterocycles. The highest BCUT2D eigenvalue weighted by molar-refractivity contribution is 5.94. The Labute approximate surface area is 187 Å². The molecule has 0 aliphatic heterocycles. The van der Waals surface area contributed by atoms with Gasteiger partial charge in [0, 0.05) is 36.4 Å². The van der Waals surface area contributed by atoms with Gasteiger partial charge >= 0.3 is 0 Å². The van der Waals surface area contributed by atoms with Crippen molar-refractivity contribution in [3.8, 4) is 11.5 Å². The van der Waals surface area contributed by atoms with Gasteiger partial charge in [-0.1, -0.05) is 24.6 Å². The van der Waals surface area contributed by atoms with E-state index >= 15 is 0 Å². The van der Waals surface area contributed by atoms with E-state index in [0.717, 1.165) is 54.1 Å². The maximum Gasteiger partial charge on any atom is 0.272 e. The second kappa shape index (κ2) is 8.78. The summed E-state index contributed by atoms with van der Waals surface area (Å²) in [5.74, 6) is 1.52. The number of carbonyl (C=O) groups is 1. The van der Waals surface area contributed by atoms with Crippen LogP contribution in [0, 0.1) is 6.92 Å². The molecule has 7 heteroatoms. The maximum absolute atomic E-state index is 13.2. The third-order valence-electron chi connectivity index (χ3n) is 5.98. The number of nitrogens with one attached hydrogen (secondary N) is 1.